The zero-order valence-corrected chi connectivity index (χ0v) is 21.2. The van der Waals surface area contributed by atoms with Crippen LogP contribution >= 0.6 is 11.3 Å². The number of anilines is 1. The number of nitrogens with one attached hydrogen (secondary N) is 1. The standard InChI is InChI=1S/C28H25F3N4O2S/c1-2-24(36)35-13-12-21-23(14-35)38-27-25(21)26(32-17-33-27)34-22(19-6-4-3-5-7-19)16-37-15-18-8-10-20(11-9-18)28(29,30)31/h2-11,17,22H,1,12-16H2,(H,32,33,34)/t22-/m1/s1. The molecule has 1 amide bonds. The van der Waals surface area contributed by atoms with E-state index in [4.69, 9.17) is 4.74 Å². The van der Waals surface area contributed by atoms with Crippen molar-refractivity contribution in [3.63, 3.8) is 0 Å². The number of amides is 1. The monoisotopic (exact) mass is 538 g/mol. The van der Waals surface area contributed by atoms with Gasteiger partial charge in [-0.15, -0.1) is 11.3 Å². The Morgan fingerprint density at radius 2 is 1.92 bits per heavy atom. The summed E-state index contributed by atoms with van der Waals surface area (Å²) >= 11 is 1.56. The van der Waals surface area contributed by atoms with E-state index in [1.54, 1.807) is 16.2 Å². The van der Waals surface area contributed by atoms with Gasteiger partial charge >= 0.3 is 6.18 Å². The molecule has 4 aromatic rings. The number of hydrogen-bond donors (Lipinski definition) is 1. The summed E-state index contributed by atoms with van der Waals surface area (Å²) in [6.45, 7) is 5.14. The minimum atomic E-state index is -4.37. The van der Waals surface area contributed by atoms with Gasteiger partial charge in [-0.1, -0.05) is 49.0 Å². The zero-order valence-electron chi connectivity index (χ0n) is 20.4. The smallest absolute Gasteiger partial charge is 0.374 e. The second-order valence-corrected chi connectivity index (χ2v) is 10.0. The van der Waals surface area contributed by atoms with Crippen LogP contribution < -0.4 is 5.32 Å². The number of carbonyl (C=O) groups is 1. The molecule has 1 aliphatic heterocycles. The quantitative estimate of drug-likeness (QED) is 0.273. The number of benzene rings is 2. The Kier molecular flexibility index (Phi) is 7.44. The van der Waals surface area contributed by atoms with Gasteiger partial charge < -0.3 is 15.0 Å². The van der Waals surface area contributed by atoms with Gasteiger partial charge in [0, 0.05) is 11.4 Å². The van der Waals surface area contributed by atoms with Crippen LogP contribution in [0, 0.1) is 0 Å². The van der Waals surface area contributed by atoms with Crippen molar-refractivity contribution < 1.29 is 22.7 Å². The third kappa shape index (κ3) is 5.56. The number of ether oxygens (including phenoxy) is 1. The van der Waals surface area contributed by atoms with Crippen LogP contribution in [-0.2, 0) is 35.3 Å². The summed E-state index contributed by atoms with van der Waals surface area (Å²) in [7, 11) is 0. The van der Waals surface area contributed by atoms with Crippen molar-refractivity contribution >= 4 is 33.3 Å². The molecule has 0 bridgehead atoms. The first-order valence-corrected chi connectivity index (χ1v) is 12.9. The Balaban J connectivity index is 1.36. The van der Waals surface area contributed by atoms with Crippen molar-refractivity contribution in [3.05, 3.63) is 101 Å². The Labute approximate surface area is 221 Å². The highest BCUT2D eigenvalue weighted by atomic mass is 32.1. The summed E-state index contributed by atoms with van der Waals surface area (Å²) in [6, 6.07) is 14.5. The molecule has 1 aliphatic rings. The molecule has 1 atom stereocenters. The SMILES string of the molecule is C=CC(=O)N1CCc2c(sc3ncnc(N[C@H](COCc4ccc(C(F)(F)F)cc4)c4ccccc4)c23)C1. The molecule has 0 aliphatic carbocycles. The highest BCUT2D eigenvalue weighted by Gasteiger charge is 2.30. The Morgan fingerprint density at radius 1 is 1.16 bits per heavy atom. The molecule has 0 spiro atoms. The lowest BCUT2D eigenvalue weighted by atomic mass is 10.0. The van der Waals surface area contributed by atoms with Gasteiger partial charge in [-0.3, -0.25) is 4.79 Å². The van der Waals surface area contributed by atoms with E-state index < -0.39 is 11.7 Å². The van der Waals surface area contributed by atoms with Gasteiger partial charge in [-0.2, -0.15) is 13.2 Å². The van der Waals surface area contributed by atoms with Crippen LogP contribution in [0.2, 0.25) is 0 Å². The maximum Gasteiger partial charge on any atom is 0.416 e. The molecule has 2 aromatic heterocycles. The van der Waals surface area contributed by atoms with Crippen molar-refractivity contribution in [3.8, 4) is 0 Å². The molecule has 38 heavy (non-hydrogen) atoms. The normalized spacial score (nSPS) is 14.2. The van der Waals surface area contributed by atoms with E-state index in [9.17, 15) is 18.0 Å². The number of aromatic nitrogens is 2. The predicted molar refractivity (Wildman–Crippen MR) is 141 cm³/mol. The van der Waals surface area contributed by atoms with E-state index in [1.807, 2.05) is 30.3 Å². The Bertz CT molecular complexity index is 1440. The zero-order chi connectivity index (χ0) is 26.7. The topological polar surface area (TPSA) is 67.4 Å². The first kappa shape index (κ1) is 25.9. The number of hydrogen-bond acceptors (Lipinski definition) is 6. The third-order valence-electron chi connectivity index (χ3n) is 6.47. The van der Waals surface area contributed by atoms with E-state index in [0.29, 0.717) is 30.9 Å². The van der Waals surface area contributed by atoms with Crippen LogP contribution in [0.25, 0.3) is 10.2 Å². The third-order valence-corrected chi connectivity index (χ3v) is 7.60. The van der Waals surface area contributed by atoms with Crippen LogP contribution in [0.1, 0.15) is 33.2 Å². The fraction of sp³-hybridized carbons (Fsp3) is 0.250. The Morgan fingerprint density at radius 3 is 2.63 bits per heavy atom. The van der Waals surface area contributed by atoms with Gasteiger partial charge in [-0.05, 0) is 41.3 Å². The van der Waals surface area contributed by atoms with E-state index in [2.05, 4.69) is 21.9 Å². The van der Waals surface area contributed by atoms with Gasteiger partial charge in [0.25, 0.3) is 0 Å². The number of fused-ring (bicyclic) bond motifs is 3. The summed E-state index contributed by atoms with van der Waals surface area (Å²) in [5, 5.41) is 4.47. The first-order valence-electron chi connectivity index (χ1n) is 12.1. The van der Waals surface area contributed by atoms with Crippen LogP contribution in [0.4, 0.5) is 19.0 Å². The predicted octanol–water partition coefficient (Wildman–Crippen LogP) is 6.15. The van der Waals surface area contributed by atoms with Crippen molar-refractivity contribution in [2.75, 3.05) is 18.5 Å². The second kappa shape index (κ2) is 10.9. The van der Waals surface area contributed by atoms with Crippen molar-refractivity contribution in [2.45, 2.75) is 31.8 Å². The highest BCUT2D eigenvalue weighted by molar-refractivity contribution is 7.19. The average Bonchev–Trinajstić information content (AvgIpc) is 3.31. The maximum absolute atomic E-state index is 12.9. The lowest BCUT2D eigenvalue weighted by Crippen LogP contribution is -2.34. The van der Waals surface area contributed by atoms with E-state index >= 15 is 0 Å². The van der Waals surface area contributed by atoms with Crippen LogP contribution in [0.3, 0.4) is 0 Å². The van der Waals surface area contributed by atoms with Gasteiger partial charge in [0.05, 0.1) is 36.8 Å². The van der Waals surface area contributed by atoms with E-state index in [-0.39, 0.29) is 25.2 Å². The van der Waals surface area contributed by atoms with Crippen molar-refractivity contribution in [2.24, 2.45) is 0 Å². The van der Waals surface area contributed by atoms with Crippen LogP contribution in [0.15, 0.2) is 73.6 Å². The molecular weight excluding hydrogens is 513 g/mol. The van der Waals surface area contributed by atoms with Gasteiger partial charge in [0.2, 0.25) is 5.91 Å². The molecule has 0 saturated carbocycles. The maximum atomic E-state index is 12.9. The fourth-order valence-electron chi connectivity index (χ4n) is 4.51. The largest absolute Gasteiger partial charge is 0.416 e. The van der Waals surface area contributed by atoms with Crippen molar-refractivity contribution in [1.82, 2.24) is 14.9 Å². The molecule has 1 N–H and O–H groups in total. The minimum absolute atomic E-state index is 0.0909. The number of nitrogens with zero attached hydrogens (tertiary/aromatic N) is 3. The molecule has 3 heterocycles. The summed E-state index contributed by atoms with van der Waals surface area (Å²) in [5.74, 6) is 0.592. The molecule has 0 radical (unpaired) electrons. The van der Waals surface area contributed by atoms with Crippen LogP contribution in [0.5, 0.6) is 0 Å². The number of halogens is 3. The minimum Gasteiger partial charge on any atom is -0.374 e. The number of carbonyl (C=O) groups excluding carboxylic acids is 1. The molecule has 0 unspecified atom stereocenters. The van der Waals surface area contributed by atoms with Gasteiger partial charge in [0.1, 0.15) is 17.0 Å². The molecule has 10 heteroatoms. The van der Waals surface area contributed by atoms with Gasteiger partial charge in [-0.25, -0.2) is 9.97 Å². The van der Waals surface area contributed by atoms with Gasteiger partial charge in [0.15, 0.2) is 0 Å². The van der Waals surface area contributed by atoms with E-state index in [1.165, 1.54) is 24.5 Å². The highest BCUT2D eigenvalue weighted by Crippen LogP contribution is 2.38. The summed E-state index contributed by atoms with van der Waals surface area (Å²) in [6.07, 6.45) is -0.826. The molecule has 0 saturated heterocycles. The molecule has 196 valence electrons. The Hall–Kier alpha value is -3.76. The molecule has 5 rings (SSSR count). The summed E-state index contributed by atoms with van der Waals surface area (Å²) in [4.78, 5) is 24.9. The van der Waals surface area contributed by atoms with Crippen molar-refractivity contribution in [1.29, 1.82) is 0 Å². The first-order chi connectivity index (χ1) is 18.3. The second-order valence-electron chi connectivity index (χ2n) is 8.94. The number of thiophene rings is 1. The fourth-order valence-corrected chi connectivity index (χ4v) is 5.71. The number of alkyl halides is 3. The molecule has 6 nitrogen and oxygen atoms in total. The molecular formula is C28H25F3N4O2S. The van der Waals surface area contributed by atoms with Crippen LogP contribution in [-0.4, -0.2) is 33.9 Å². The summed E-state index contributed by atoms with van der Waals surface area (Å²) < 4.78 is 44.6. The summed E-state index contributed by atoms with van der Waals surface area (Å²) in [5.41, 5.74) is 2.09. The van der Waals surface area contributed by atoms with E-state index in [0.717, 1.165) is 38.4 Å². The lowest BCUT2D eigenvalue weighted by molar-refractivity contribution is -0.137. The molecule has 0 fully saturated rings. The average molecular weight is 539 g/mol. The molecule has 2 aromatic carbocycles. The lowest BCUT2D eigenvalue weighted by Gasteiger charge is -2.26. The number of rotatable bonds is 8.